The average molecular weight is 317 g/mol. The molecule has 2 aromatic heterocycles. The van der Waals surface area contributed by atoms with E-state index in [4.69, 9.17) is 0 Å². The van der Waals surface area contributed by atoms with Gasteiger partial charge in [0.05, 0.1) is 11.4 Å². The summed E-state index contributed by atoms with van der Waals surface area (Å²) in [5.74, 6) is 1.06. The van der Waals surface area contributed by atoms with E-state index in [2.05, 4.69) is 60.9 Å². The van der Waals surface area contributed by atoms with Crippen LogP contribution < -0.4 is 0 Å². The Morgan fingerprint density at radius 3 is 2.50 bits per heavy atom. The van der Waals surface area contributed by atoms with E-state index in [1.165, 1.54) is 11.1 Å². The van der Waals surface area contributed by atoms with Crippen LogP contribution in [0.1, 0.15) is 40.8 Å². The zero-order valence-electron chi connectivity index (χ0n) is 14.8. The topological polar surface area (TPSA) is 30.7 Å². The van der Waals surface area contributed by atoms with E-state index in [1.807, 2.05) is 24.4 Å². The zero-order chi connectivity index (χ0) is 17.3. The van der Waals surface area contributed by atoms with Crippen LogP contribution in [0.4, 0.5) is 0 Å². The molecule has 0 bridgehead atoms. The number of pyridine rings is 1. The smallest absolute Gasteiger partial charge is 0.113 e. The molecule has 2 heterocycles. The van der Waals surface area contributed by atoms with Crippen molar-refractivity contribution < 1.29 is 0 Å². The van der Waals surface area contributed by atoms with Gasteiger partial charge in [-0.1, -0.05) is 19.6 Å². The first-order valence-corrected chi connectivity index (χ1v) is 8.28. The minimum absolute atomic E-state index is 0.885. The Morgan fingerprint density at radius 2 is 1.83 bits per heavy atom. The third-order valence-electron chi connectivity index (χ3n) is 4.48. The molecule has 0 spiro atoms. The molecule has 0 aliphatic rings. The molecule has 24 heavy (non-hydrogen) atoms. The lowest BCUT2D eigenvalue weighted by atomic mass is 9.96. The van der Waals surface area contributed by atoms with Gasteiger partial charge in [0, 0.05) is 35.6 Å². The number of benzene rings is 1. The highest BCUT2D eigenvalue weighted by Crippen LogP contribution is 2.30. The van der Waals surface area contributed by atoms with Crippen LogP contribution in [0.2, 0.25) is 0 Å². The van der Waals surface area contributed by atoms with E-state index in [9.17, 15) is 0 Å². The molecular formula is C21H23N3. The quantitative estimate of drug-likeness (QED) is 0.691. The van der Waals surface area contributed by atoms with Crippen molar-refractivity contribution in [2.45, 2.75) is 34.1 Å². The van der Waals surface area contributed by atoms with Gasteiger partial charge in [-0.15, -0.1) is 0 Å². The van der Waals surface area contributed by atoms with Crippen LogP contribution in [0.15, 0.2) is 49.3 Å². The van der Waals surface area contributed by atoms with Crippen LogP contribution in [0.5, 0.6) is 0 Å². The molecule has 3 heteroatoms. The maximum Gasteiger partial charge on any atom is 0.113 e. The Balaban J connectivity index is 2.25. The molecular weight excluding hydrogens is 294 g/mol. The van der Waals surface area contributed by atoms with Crippen molar-refractivity contribution in [2.75, 3.05) is 0 Å². The Hall–Kier alpha value is -2.68. The van der Waals surface area contributed by atoms with Gasteiger partial charge >= 0.3 is 0 Å². The molecule has 0 saturated heterocycles. The Labute approximate surface area is 143 Å². The number of imidazole rings is 1. The van der Waals surface area contributed by atoms with Crippen molar-refractivity contribution >= 4 is 5.57 Å². The first kappa shape index (κ1) is 16.2. The van der Waals surface area contributed by atoms with Crippen LogP contribution in [-0.2, 0) is 6.42 Å². The van der Waals surface area contributed by atoms with Crippen molar-refractivity contribution in [1.29, 1.82) is 0 Å². The lowest BCUT2D eigenvalue weighted by molar-refractivity contribution is 0.868. The molecule has 1 aromatic carbocycles. The molecule has 0 saturated carbocycles. The molecule has 0 fully saturated rings. The van der Waals surface area contributed by atoms with Gasteiger partial charge < -0.3 is 4.57 Å². The first-order valence-electron chi connectivity index (χ1n) is 8.28. The fraction of sp³-hybridized carbons (Fsp3) is 0.238. The van der Waals surface area contributed by atoms with Gasteiger partial charge in [-0.05, 0) is 56.2 Å². The summed E-state index contributed by atoms with van der Waals surface area (Å²) in [6.07, 6.45) is 4.62. The molecule has 0 aliphatic heterocycles. The summed E-state index contributed by atoms with van der Waals surface area (Å²) in [7, 11) is 0. The largest absolute Gasteiger partial charge is 0.300 e. The van der Waals surface area contributed by atoms with E-state index < -0.39 is 0 Å². The third-order valence-corrected chi connectivity index (χ3v) is 4.48. The molecule has 0 aliphatic carbocycles. The lowest BCUT2D eigenvalue weighted by Gasteiger charge is -2.18. The maximum absolute atomic E-state index is 4.55. The molecule has 0 N–H and O–H groups in total. The minimum Gasteiger partial charge on any atom is -0.300 e. The van der Waals surface area contributed by atoms with E-state index in [0.717, 1.165) is 40.5 Å². The summed E-state index contributed by atoms with van der Waals surface area (Å²) in [6.45, 7) is 12.8. The van der Waals surface area contributed by atoms with Crippen molar-refractivity contribution in [2.24, 2.45) is 0 Å². The maximum atomic E-state index is 4.55. The van der Waals surface area contributed by atoms with Crippen LogP contribution in [-0.4, -0.2) is 14.5 Å². The Morgan fingerprint density at radius 1 is 1.08 bits per heavy atom. The van der Waals surface area contributed by atoms with E-state index in [0.29, 0.717) is 0 Å². The SMILES string of the molecule is C=C(c1ccccn1)c1cc(C)c(C)cc1-n1c(C)cnc1CC. The number of aromatic nitrogens is 3. The van der Waals surface area contributed by atoms with Crippen LogP contribution in [0.3, 0.4) is 0 Å². The van der Waals surface area contributed by atoms with Gasteiger partial charge in [-0.3, -0.25) is 4.98 Å². The van der Waals surface area contributed by atoms with Gasteiger partial charge in [-0.2, -0.15) is 0 Å². The molecule has 0 atom stereocenters. The van der Waals surface area contributed by atoms with Crippen LogP contribution in [0, 0.1) is 20.8 Å². The predicted molar refractivity (Wildman–Crippen MR) is 99.5 cm³/mol. The van der Waals surface area contributed by atoms with Gasteiger partial charge in [0.1, 0.15) is 5.82 Å². The van der Waals surface area contributed by atoms with E-state index >= 15 is 0 Å². The first-order chi connectivity index (χ1) is 11.5. The molecule has 3 nitrogen and oxygen atoms in total. The van der Waals surface area contributed by atoms with Crippen molar-refractivity contribution in [3.05, 3.63) is 83.2 Å². The summed E-state index contributed by atoms with van der Waals surface area (Å²) < 4.78 is 2.23. The van der Waals surface area contributed by atoms with E-state index in [-0.39, 0.29) is 0 Å². The van der Waals surface area contributed by atoms with Crippen molar-refractivity contribution in [3.8, 4) is 5.69 Å². The second-order valence-electron chi connectivity index (χ2n) is 6.15. The van der Waals surface area contributed by atoms with E-state index in [1.54, 1.807) is 6.20 Å². The highest BCUT2D eigenvalue weighted by Gasteiger charge is 2.16. The molecule has 3 rings (SSSR count). The van der Waals surface area contributed by atoms with Crippen molar-refractivity contribution in [1.82, 2.24) is 14.5 Å². The fourth-order valence-electron chi connectivity index (χ4n) is 2.97. The van der Waals surface area contributed by atoms with Crippen LogP contribution in [0.25, 0.3) is 11.3 Å². The number of nitrogens with zero attached hydrogens (tertiary/aromatic N) is 3. The van der Waals surface area contributed by atoms with Crippen molar-refractivity contribution in [3.63, 3.8) is 0 Å². The number of hydrogen-bond donors (Lipinski definition) is 0. The predicted octanol–water partition coefficient (Wildman–Crippen LogP) is 4.82. The zero-order valence-corrected chi connectivity index (χ0v) is 14.8. The number of aryl methyl sites for hydroxylation is 4. The molecule has 0 amide bonds. The molecule has 0 unspecified atom stereocenters. The summed E-state index contributed by atoms with van der Waals surface area (Å²) in [4.78, 5) is 9.02. The standard InChI is InChI=1S/C21H23N3/c1-6-21-23-13-16(4)24(21)20-12-15(3)14(2)11-18(20)17(5)19-9-7-8-10-22-19/h7-13H,5-6H2,1-4H3. The molecule has 0 radical (unpaired) electrons. The highest BCUT2D eigenvalue weighted by molar-refractivity contribution is 5.81. The summed E-state index contributed by atoms with van der Waals surface area (Å²) >= 11 is 0. The molecule has 3 aromatic rings. The Bertz CT molecular complexity index is 889. The number of rotatable bonds is 4. The third kappa shape index (κ3) is 2.78. The fourth-order valence-corrected chi connectivity index (χ4v) is 2.97. The Kier molecular flexibility index (Phi) is 4.34. The summed E-state index contributed by atoms with van der Waals surface area (Å²) in [6, 6.07) is 10.4. The van der Waals surface area contributed by atoms with Gasteiger partial charge in [0.15, 0.2) is 0 Å². The number of hydrogen-bond acceptors (Lipinski definition) is 2. The normalized spacial score (nSPS) is 10.8. The summed E-state index contributed by atoms with van der Waals surface area (Å²) in [5, 5.41) is 0. The minimum atomic E-state index is 0.885. The highest BCUT2D eigenvalue weighted by atomic mass is 15.1. The van der Waals surface area contributed by atoms with Gasteiger partial charge in [0.2, 0.25) is 0 Å². The second kappa shape index (κ2) is 6.44. The monoisotopic (exact) mass is 317 g/mol. The lowest BCUT2D eigenvalue weighted by Crippen LogP contribution is -2.07. The van der Waals surface area contributed by atoms with Gasteiger partial charge in [0.25, 0.3) is 0 Å². The summed E-state index contributed by atoms with van der Waals surface area (Å²) in [5.41, 5.74) is 7.71. The van der Waals surface area contributed by atoms with Gasteiger partial charge in [-0.25, -0.2) is 4.98 Å². The van der Waals surface area contributed by atoms with Crippen LogP contribution >= 0.6 is 0 Å². The molecule has 122 valence electrons. The second-order valence-corrected chi connectivity index (χ2v) is 6.15. The average Bonchev–Trinajstić information content (AvgIpc) is 2.97.